The van der Waals surface area contributed by atoms with Crippen LogP contribution in [0.15, 0.2) is 29.8 Å². The van der Waals surface area contributed by atoms with E-state index in [1.807, 2.05) is 0 Å². The van der Waals surface area contributed by atoms with E-state index in [-0.39, 0.29) is 5.69 Å². The molecule has 0 fully saturated rings. The Balaban J connectivity index is 3.16. The summed E-state index contributed by atoms with van der Waals surface area (Å²) in [7, 11) is 0. The molecule has 6 nitrogen and oxygen atoms in total. The Kier molecular flexibility index (Phi) is 3.35. The van der Waals surface area contributed by atoms with Crippen LogP contribution in [0.3, 0.4) is 0 Å². The lowest BCUT2D eigenvalue weighted by atomic mass is 10.1. The Morgan fingerprint density at radius 2 is 2.25 bits per heavy atom. The number of hydrogen-bond donors (Lipinski definition) is 1. The van der Waals surface area contributed by atoms with E-state index in [1.54, 1.807) is 0 Å². The van der Waals surface area contributed by atoms with E-state index < -0.39 is 16.5 Å². The highest BCUT2D eigenvalue weighted by atomic mass is 16.6. The summed E-state index contributed by atoms with van der Waals surface area (Å²) in [6.07, 6.45) is 1.08. The van der Waals surface area contributed by atoms with Crippen molar-refractivity contribution in [1.29, 1.82) is 5.26 Å². The second-order valence-electron chi connectivity index (χ2n) is 2.83. The number of aliphatic carboxylic acids is 1. The van der Waals surface area contributed by atoms with Crippen molar-refractivity contribution in [2.24, 2.45) is 0 Å². The monoisotopic (exact) mass is 218 g/mol. The maximum Gasteiger partial charge on any atom is 0.346 e. The van der Waals surface area contributed by atoms with Gasteiger partial charge in [0, 0.05) is 12.1 Å². The van der Waals surface area contributed by atoms with Crippen LogP contribution in [0.5, 0.6) is 0 Å². The van der Waals surface area contributed by atoms with Crippen molar-refractivity contribution >= 4 is 17.7 Å². The van der Waals surface area contributed by atoms with Gasteiger partial charge in [0.2, 0.25) is 0 Å². The van der Waals surface area contributed by atoms with Crippen molar-refractivity contribution in [2.45, 2.75) is 0 Å². The van der Waals surface area contributed by atoms with Crippen LogP contribution in [0, 0.1) is 21.4 Å². The largest absolute Gasteiger partial charge is 0.477 e. The first-order chi connectivity index (χ1) is 7.54. The predicted molar refractivity (Wildman–Crippen MR) is 54.3 cm³/mol. The number of hydrogen-bond acceptors (Lipinski definition) is 4. The lowest BCUT2D eigenvalue weighted by molar-refractivity contribution is -0.384. The predicted octanol–water partition coefficient (Wildman–Crippen LogP) is 1.59. The number of nitriles is 1. The fraction of sp³-hybridized carbons (Fsp3) is 0. The quantitative estimate of drug-likeness (QED) is 0.359. The zero-order valence-corrected chi connectivity index (χ0v) is 7.95. The van der Waals surface area contributed by atoms with Crippen LogP contribution in [0.1, 0.15) is 5.56 Å². The van der Waals surface area contributed by atoms with Crippen molar-refractivity contribution in [2.75, 3.05) is 0 Å². The summed E-state index contributed by atoms with van der Waals surface area (Å²) in [6.45, 7) is 0. The molecule has 0 atom stereocenters. The smallest absolute Gasteiger partial charge is 0.346 e. The van der Waals surface area contributed by atoms with Crippen molar-refractivity contribution < 1.29 is 14.8 Å². The van der Waals surface area contributed by atoms with Crippen LogP contribution < -0.4 is 0 Å². The van der Waals surface area contributed by atoms with Gasteiger partial charge in [-0.15, -0.1) is 0 Å². The zero-order valence-electron chi connectivity index (χ0n) is 7.95. The summed E-state index contributed by atoms with van der Waals surface area (Å²) >= 11 is 0. The number of rotatable bonds is 3. The Bertz CT molecular complexity index is 514. The molecular weight excluding hydrogens is 212 g/mol. The zero-order chi connectivity index (χ0) is 12.1. The van der Waals surface area contributed by atoms with Gasteiger partial charge in [-0.3, -0.25) is 10.1 Å². The van der Waals surface area contributed by atoms with E-state index in [9.17, 15) is 14.9 Å². The van der Waals surface area contributed by atoms with Crippen LogP contribution >= 0.6 is 0 Å². The molecule has 0 saturated carbocycles. The molecule has 0 saturated heterocycles. The Labute approximate surface area is 90.2 Å². The molecule has 0 aliphatic carbocycles. The van der Waals surface area contributed by atoms with Crippen LogP contribution in [0.2, 0.25) is 0 Å². The standard InChI is InChI=1S/C10H6N2O4/c11-6-8(10(13)14)4-7-2-1-3-9(5-7)12(15)16/h1-5H,(H,13,14). The van der Waals surface area contributed by atoms with Crippen LogP contribution in [0.4, 0.5) is 5.69 Å². The number of carbonyl (C=O) groups is 1. The molecular formula is C10H6N2O4. The highest BCUT2D eigenvalue weighted by Crippen LogP contribution is 2.15. The minimum atomic E-state index is -1.37. The molecule has 16 heavy (non-hydrogen) atoms. The Morgan fingerprint density at radius 1 is 1.56 bits per heavy atom. The van der Waals surface area contributed by atoms with Gasteiger partial charge in [-0.05, 0) is 11.6 Å². The van der Waals surface area contributed by atoms with Gasteiger partial charge in [0.15, 0.2) is 0 Å². The number of benzene rings is 1. The van der Waals surface area contributed by atoms with Gasteiger partial charge in [-0.2, -0.15) is 5.26 Å². The first-order valence-corrected chi connectivity index (χ1v) is 4.14. The van der Waals surface area contributed by atoms with Gasteiger partial charge < -0.3 is 5.11 Å². The van der Waals surface area contributed by atoms with Crippen LogP contribution in [-0.2, 0) is 4.79 Å². The second-order valence-corrected chi connectivity index (χ2v) is 2.83. The third-order valence-corrected chi connectivity index (χ3v) is 1.74. The van der Waals surface area contributed by atoms with E-state index in [0.29, 0.717) is 5.56 Å². The van der Waals surface area contributed by atoms with Crippen LogP contribution in [0.25, 0.3) is 6.08 Å². The molecule has 1 aromatic carbocycles. The lowest BCUT2D eigenvalue weighted by Gasteiger charge is -1.94. The third-order valence-electron chi connectivity index (χ3n) is 1.74. The summed E-state index contributed by atoms with van der Waals surface area (Å²) in [6, 6.07) is 6.86. The number of nitro benzene ring substituents is 1. The molecule has 0 aliphatic rings. The summed E-state index contributed by atoms with van der Waals surface area (Å²) < 4.78 is 0. The van der Waals surface area contributed by atoms with E-state index in [1.165, 1.54) is 30.3 Å². The minimum absolute atomic E-state index is 0.156. The van der Waals surface area contributed by atoms with E-state index in [2.05, 4.69) is 0 Å². The number of nitro groups is 1. The molecule has 1 N–H and O–H groups in total. The molecule has 0 aliphatic heterocycles. The third kappa shape index (κ3) is 2.65. The Hall–Kier alpha value is -2.68. The SMILES string of the molecule is N#CC(=Cc1cccc([N+](=O)[O-])c1)C(=O)O. The Morgan fingerprint density at radius 3 is 2.75 bits per heavy atom. The van der Waals surface area contributed by atoms with Gasteiger partial charge in [0.1, 0.15) is 11.6 Å². The van der Waals surface area contributed by atoms with Crippen molar-refractivity contribution in [1.82, 2.24) is 0 Å². The van der Waals surface area contributed by atoms with Crippen molar-refractivity contribution in [3.8, 4) is 6.07 Å². The van der Waals surface area contributed by atoms with E-state index in [0.717, 1.165) is 6.08 Å². The summed E-state index contributed by atoms with van der Waals surface area (Å²) in [5.41, 5.74) is -0.329. The maximum atomic E-state index is 10.5. The van der Waals surface area contributed by atoms with E-state index >= 15 is 0 Å². The second kappa shape index (κ2) is 4.70. The molecule has 0 unspecified atom stereocenters. The molecule has 80 valence electrons. The molecule has 0 aromatic heterocycles. The molecule has 0 spiro atoms. The van der Waals surface area contributed by atoms with Gasteiger partial charge >= 0.3 is 5.97 Å². The number of carboxylic acid groups (broad SMARTS) is 1. The number of nitrogens with zero attached hydrogens (tertiary/aromatic N) is 2. The summed E-state index contributed by atoms with van der Waals surface area (Å²) in [4.78, 5) is 20.4. The maximum absolute atomic E-state index is 10.5. The number of non-ortho nitro benzene ring substituents is 1. The first-order valence-electron chi connectivity index (χ1n) is 4.14. The van der Waals surface area contributed by atoms with Gasteiger partial charge in [-0.25, -0.2) is 4.79 Å². The molecule has 6 heteroatoms. The molecule has 0 heterocycles. The van der Waals surface area contributed by atoms with Gasteiger partial charge in [0.25, 0.3) is 5.69 Å². The summed E-state index contributed by atoms with van der Waals surface area (Å²) in [5, 5.41) is 27.5. The minimum Gasteiger partial charge on any atom is -0.477 e. The molecule has 0 amide bonds. The van der Waals surface area contributed by atoms with Crippen LogP contribution in [-0.4, -0.2) is 16.0 Å². The fourth-order valence-corrected chi connectivity index (χ4v) is 1.04. The lowest BCUT2D eigenvalue weighted by Crippen LogP contribution is -1.97. The number of carboxylic acids is 1. The first kappa shape index (κ1) is 11.4. The molecule has 1 aromatic rings. The molecule has 0 bridgehead atoms. The van der Waals surface area contributed by atoms with Crippen molar-refractivity contribution in [3.63, 3.8) is 0 Å². The average Bonchev–Trinajstić information content (AvgIpc) is 2.25. The summed E-state index contributed by atoms with van der Waals surface area (Å²) in [5.74, 6) is -1.37. The molecule has 1 rings (SSSR count). The van der Waals surface area contributed by atoms with Gasteiger partial charge in [-0.1, -0.05) is 12.1 Å². The highest BCUT2D eigenvalue weighted by molar-refractivity contribution is 5.96. The highest BCUT2D eigenvalue weighted by Gasteiger charge is 2.08. The normalized spacial score (nSPS) is 10.6. The molecule has 0 radical (unpaired) electrons. The van der Waals surface area contributed by atoms with Crippen molar-refractivity contribution in [3.05, 3.63) is 45.5 Å². The topological polar surface area (TPSA) is 104 Å². The fourth-order valence-electron chi connectivity index (χ4n) is 1.04. The van der Waals surface area contributed by atoms with E-state index in [4.69, 9.17) is 10.4 Å². The van der Waals surface area contributed by atoms with Gasteiger partial charge in [0.05, 0.1) is 4.92 Å². The average molecular weight is 218 g/mol.